The van der Waals surface area contributed by atoms with Crippen molar-refractivity contribution in [2.45, 2.75) is 0 Å². The number of hydrogen-bond donors (Lipinski definition) is 1. The summed E-state index contributed by atoms with van der Waals surface area (Å²) in [5.74, 6) is 0.916. The third kappa shape index (κ3) is 2.40. The molecule has 3 aromatic rings. The number of halogens is 1. The van der Waals surface area contributed by atoms with Crippen molar-refractivity contribution >= 4 is 28.6 Å². The Morgan fingerprint density at radius 1 is 1.13 bits per heavy atom. The number of nitrogens with one attached hydrogen (secondary N) is 1. The summed E-state index contributed by atoms with van der Waals surface area (Å²) in [6.07, 6.45) is 6.93. The minimum atomic E-state index is -0.364. The van der Waals surface area contributed by atoms with E-state index in [4.69, 9.17) is 11.6 Å². The first-order chi connectivity index (χ1) is 11.2. The van der Waals surface area contributed by atoms with Crippen LogP contribution in [-0.4, -0.2) is 51.0 Å². The predicted molar refractivity (Wildman–Crippen MR) is 87.3 cm³/mol. The molecule has 4 heterocycles. The van der Waals surface area contributed by atoms with Crippen LogP contribution in [0.3, 0.4) is 0 Å². The molecule has 0 atom stereocenters. The Labute approximate surface area is 136 Å². The van der Waals surface area contributed by atoms with E-state index in [2.05, 4.69) is 30.1 Å². The first kappa shape index (κ1) is 14.0. The highest BCUT2D eigenvalue weighted by atomic mass is 35.5. The number of aromatic amines is 1. The molecule has 3 aromatic heterocycles. The van der Waals surface area contributed by atoms with Gasteiger partial charge in [0.05, 0.1) is 18.1 Å². The van der Waals surface area contributed by atoms with Gasteiger partial charge in [-0.05, 0) is 6.07 Å². The van der Waals surface area contributed by atoms with Crippen LogP contribution in [0.15, 0.2) is 35.6 Å². The van der Waals surface area contributed by atoms with Crippen LogP contribution < -0.4 is 15.4 Å². The standard InChI is InChI=1S/C14H14ClN7O/c15-12-11(9-17-19-14(12)23)20-5-7-21(8-6-20)13-10-1-2-18-22(10)4-3-16-13/h1-4,9H,5-8H2,(H,19,23). The Morgan fingerprint density at radius 3 is 2.74 bits per heavy atom. The van der Waals surface area contributed by atoms with Crippen LogP contribution in [-0.2, 0) is 0 Å². The van der Waals surface area contributed by atoms with Crippen LogP contribution in [0.25, 0.3) is 5.52 Å². The maximum Gasteiger partial charge on any atom is 0.285 e. The third-order valence-electron chi connectivity index (χ3n) is 4.00. The van der Waals surface area contributed by atoms with Gasteiger partial charge >= 0.3 is 0 Å². The van der Waals surface area contributed by atoms with Crippen LogP contribution >= 0.6 is 11.6 Å². The van der Waals surface area contributed by atoms with Gasteiger partial charge in [-0.25, -0.2) is 14.6 Å². The van der Waals surface area contributed by atoms with E-state index in [0.717, 1.165) is 37.5 Å². The van der Waals surface area contributed by atoms with Gasteiger partial charge in [0.15, 0.2) is 5.82 Å². The molecule has 9 heteroatoms. The second-order valence-electron chi connectivity index (χ2n) is 5.28. The molecule has 0 radical (unpaired) electrons. The van der Waals surface area contributed by atoms with Crippen LogP contribution in [0.5, 0.6) is 0 Å². The van der Waals surface area contributed by atoms with Gasteiger partial charge in [0.25, 0.3) is 5.56 Å². The summed E-state index contributed by atoms with van der Waals surface area (Å²) >= 11 is 6.08. The zero-order valence-electron chi connectivity index (χ0n) is 12.2. The Morgan fingerprint density at radius 2 is 1.91 bits per heavy atom. The fourth-order valence-electron chi connectivity index (χ4n) is 2.84. The maximum atomic E-state index is 11.6. The topological polar surface area (TPSA) is 82.4 Å². The van der Waals surface area contributed by atoms with E-state index in [1.54, 1.807) is 18.6 Å². The molecule has 118 valence electrons. The second kappa shape index (κ2) is 5.54. The zero-order chi connectivity index (χ0) is 15.8. The lowest BCUT2D eigenvalue weighted by molar-refractivity contribution is 0.645. The molecule has 0 unspecified atom stereocenters. The molecule has 0 aromatic carbocycles. The van der Waals surface area contributed by atoms with Crippen LogP contribution in [0.1, 0.15) is 0 Å². The monoisotopic (exact) mass is 331 g/mol. The molecule has 0 bridgehead atoms. The molecule has 0 aliphatic carbocycles. The van der Waals surface area contributed by atoms with Crippen molar-refractivity contribution in [3.05, 3.63) is 46.2 Å². The van der Waals surface area contributed by atoms with Crippen molar-refractivity contribution in [3.63, 3.8) is 0 Å². The van der Waals surface area contributed by atoms with Gasteiger partial charge in [-0.2, -0.15) is 10.2 Å². The van der Waals surface area contributed by atoms with Gasteiger partial charge in [-0.15, -0.1) is 0 Å². The van der Waals surface area contributed by atoms with E-state index in [0.29, 0.717) is 5.69 Å². The summed E-state index contributed by atoms with van der Waals surface area (Å²) in [4.78, 5) is 20.3. The highest BCUT2D eigenvalue weighted by molar-refractivity contribution is 6.33. The average Bonchev–Trinajstić information content (AvgIpc) is 3.06. The SMILES string of the molecule is O=c1[nH]ncc(N2CCN(c3nccn4nccc34)CC2)c1Cl. The minimum absolute atomic E-state index is 0.185. The number of fused-ring (bicyclic) bond motifs is 1. The molecule has 1 saturated heterocycles. The van der Waals surface area contributed by atoms with Gasteiger partial charge in [-0.1, -0.05) is 11.6 Å². The molecule has 1 fully saturated rings. The summed E-state index contributed by atoms with van der Waals surface area (Å²) in [5.41, 5.74) is 1.29. The van der Waals surface area contributed by atoms with E-state index in [1.807, 2.05) is 16.8 Å². The molecule has 0 spiro atoms. The van der Waals surface area contributed by atoms with Crippen molar-refractivity contribution < 1.29 is 0 Å². The fraction of sp³-hybridized carbons (Fsp3) is 0.286. The molecule has 23 heavy (non-hydrogen) atoms. The van der Waals surface area contributed by atoms with Gasteiger partial charge in [0.1, 0.15) is 10.5 Å². The lowest BCUT2D eigenvalue weighted by Gasteiger charge is -2.36. The Bertz CT molecular complexity index is 897. The highest BCUT2D eigenvalue weighted by Crippen LogP contribution is 2.24. The van der Waals surface area contributed by atoms with Crippen LogP contribution in [0.2, 0.25) is 5.02 Å². The summed E-state index contributed by atoms with van der Waals surface area (Å²) in [7, 11) is 0. The molecule has 1 N–H and O–H groups in total. The second-order valence-corrected chi connectivity index (χ2v) is 5.66. The third-order valence-corrected chi connectivity index (χ3v) is 4.37. The largest absolute Gasteiger partial charge is 0.365 e. The minimum Gasteiger partial charge on any atom is -0.365 e. The summed E-state index contributed by atoms with van der Waals surface area (Å²) < 4.78 is 1.81. The van der Waals surface area contributed by atoms with Crippen molar-refractivity contribution in [3.8, 4) is 0 Å². The van der Waals surface area contributed by atoms with Gasteiger partial charge < -0.3 is 9.80 Å². The normalized spacial score (nSPS) is 15.3. The number of nitrogens with zero attached hydrogens (tertiary/aromatic N) is 6. The molecule has 4 rings (SSSR count). The van der Waals surface area contributed by atoms with Crippen molar-refractivity contribution in [2.75, 3.05) is 36.0 Å². The molecular weight excluding hydrogens is 318 g/mol. The number of hydrogen-bond acceptors (Lipinski definition) is 6. The first-order valence-corrected chi connectivity index (χ1v) is 7.63. The molecule has 0 saturated carbocycles. The lowest BCUT2D eigenvalue weighted by atomic mass is 10.2. The summed E-state index contributed by atoms with van der Waals surface area (Å²) in [6, 6.07) is 1.95. The smallest absolute Gasteiger partial charge is 0.285 e. The molecular formula is C14H14ClN7O. The number of anilines is 2. The van der Waals surface area contributed by atoms with E-state index < -0.39 is 0 Å². The zero-order valence-corrected chi connectivity index (χ0v) is 12.9. The highest BCUT2D eigenvalue weighted by Gasteiger charge is 2.22. The van der Waals surface area contributed by atoms with E-state index >= 15 is 0 Å². The predicted octanol–water partition coefficient (Wildman–Crippen LogP) is 0.793. The molecule has 0 amide bonds. The number of piperazine rings is 1. The van der Waals surface area contributed by atoms with Gasteiger partial charge in [0.2, 0.25) is 0 Å². The molecule has 1 aliphatic rings. The van der Waals surface area contributed by atoms with E-state index in [-0.39, 0.29) is 10.6 Å². The van der Waals surface area contributed by atoms with E-state index in [1.165, 1.54) is 0 Å². The summed E-state index contributed by atoms with van der Waals surface area (Å²) in [6.45, 7) is 3.03. The lowest BCUT2D eigenvalue weighted by Crippen LogP contribution is -2.47. The molecule has 8 nitrogen and oxygen atoms in total. The van der Waals surface area contributed by atoms with Gasteiger partial charge in [-0.3, -0.25) is 4.79 Å². The quantitative estimate of drug-likeness (QED) is 0.747. The van der Waals surface area contributed by atoms with Crippen LogP contribution in [0.4, 0.5) is 11.5 Å². The Kier molecular flexibility index (Phi) is 3.38. The maximum absolute atomic E-state index is 11.6. The number of rotatable bonds is 2. The van der Waals surface area contributed by atoms with Crippen molar-refractivity contribution in [1.29, 1.82) is 0 Å². The van der Waals surface area contributed by atoms with Gasteiger partial charge in [0, 0.05) is 38.6 Å². The fourth-order valence-corrected chi connectivity index (χ4v) is 3.05. The Balaban J connectivity index is 1.56. The molecule has 1 aliphatic heterocycles. The van der Waals surface area contributed by atoms with Crippen LogP contribution in [0, 0.1) is 0 Å². The van der Waals surface area contributed by atoms with E-state index in [9.17, 15) is 4.79 Å². The van der Waals surface area contributed by atoms with Crippen molar-refractivity contribution in [1.82, 2.24) is 24.8 Å². The summed E-state index contributed by atoms with van der Waals surface area (Å²) in [5, 5.41) is 10.6. The Hall–Kier alpha value is -2.61. The average molecular weight is 332 g/mol. The first-order valence-electron chi connectivity index (χ1n) is 7.25. The number of H-pyrrole nitrogens is 1. The van der Waals surface area contributed by atoms with Crippen molar-refractivity contribution in [2.24, 2.45) is 0 Å². The number of aromatic nitrogens is 5.